The molecule has 2 heterocycles. The molecule has 0 aliphatic carbocycles. The summed E-state index contributed by atoms with van der Waals surface area (Å²) in [5, 5.41) is 0. The first-order valence-corrected chi connectivity index (χ1v) is 8.02. The van der Waals surface area contributed by atoms with E-state index in [1.54, 1.807) is 0 Å². The average Bonchev–Trinajstić information content (AvgIpc) is 3.09. The predicted molar refractivity (Wildman–Crippen MR) is 85.3 cm³/mol. The van der Waals surface area contributed by atoms with Gasteiger partial charge in [0.25, 0.3) is 0 Å². The van der Waals surface area contributed by atoms with Gasteiger partial charge in [0.1, 0.15) is 0 Å². The van der Waals surface area contributed by atoms with Crippen LogP contribution < -0.4 is 9.80 Å². The van der Waals surface area contributed by atoms with Gasteiger partial charge >= 0.3 is 5.97 Å². The van der Waals surface area contributed by atoms with Crippen LogP contribution in [0.1, 0.15) is 42.5 Å². The van der Waals surface area contributed by atoms with Crippen LogP contribution in [0.2, 0.25) is 0 Å². The molecule has 2 aliphatic rings. The van der Waals surface area contributed by atoms with Crippen LogP contribution in [0.5, 0.6) is 0 Å². The van der Waals surface area contributed by atoms with Crippen molar-refractivity contribution in [1.29, 1.82) is 0 Å². The summed E-state index contributed by atoms with van der Waals surface area (Å²) in [6.07, 6.45) is 6.33. The third-order valence-corrected chi connectivity index (χ3v) is 4.54. The number of hydrogen-bond donors (Lipinski definition) is 0. The van der Waals surface area contributed by atoms with Gasteiger partial charge in [-0.3, -0.25) is 0 Å². The summed E-state index contributed by atoms with van der Waals surface area (Å²) >= 11 is 0. The molecule has 0 bridgehead atoms. The highest BCUT2D eigenvalue weighted by molar-refractivity contribution is 5.92. The van der Waals surface area contributed by atoms with E-state index in [9.17, 15) is 4.79 Å². The summed E-state index contributed by atoms with van der Waals surface area (Å²) in [5.41, 5.74) is 3.14. The topological polar surface area (TPSA) is 32.8 Å². The minimum Gasteiger partial charge on any atom is -0.465 e. The fraction of sp³-hybridized carbons (Fsp3) is 0.588. The molecular formula is C17H24N2O2. The molecule has 1 aromatic rings. The molecule has 0 unspecified atom stereocenters. The van der Waals surface area contributed by atoms with Crippen molar-refractivity contribution in [2.75, 3.05) is 43.1 Å². The molecule has 0 spiro atoms. The first kappa shape index (κ1) is 14.2. The van der Waals surface area contributed by atoms with Crippen molar-refractivity contribution in [3.05, 3.63) is 23.8 Å². The van der Waals surface area contributed by atoms with Gasteiger partial charge in [-0.25, -0.2) is 4.79 Å². The summed E-state index contributed by atoms with van der Waals surface area (Å²) in [4.78, 5) is 16.7. The van der Waals surface area contributed by atoms with E-state index in [2.05, 4.69) is 15.9 Å². The lowest BCUT2D eigenvalue weighted by atomic mass is 10.1. The number of methoxy groups -OCH3 is 1. The zero-order chi connectivity index (χ0) is 14.7. The molecule has 114 valence electrons. The van der Waals surface area contributed by atoms with Crippen molar-refractivity contribution in [3.8, 4) is 0 Å². The average molecular weight is 288 g/mol. The van der Waals surface area contributed by atoms with E-state index in [1.807, 2.05) is 12.1 Å². The SMILES string of the molecule is COC(=O)c1ccc(N2CCCCC2)c(N2CCCC2)c1. The summed E-state index contributed by atoms with van der Waals surface area (Å²) in [6.45, 7) is 4.42. The van der Waals surface area contributed by atoms with E-state index >= 15 is 0 Å². The van der Waals surface area contributed by atoms with Gasteiger partial charge in [-0.05, 0) is 50.3 Å². The molecule has 0 saturated carbocycles. The molecule has 4 heteroatoms. The van der Waals surface area contributed by atoms with Crippen LogP contribution in [0.4, 0.5) is 11.4 Å². The number of carbonyl (C=O) groups is 1. The highest BCUT2D eigenvalue weighted by Crippen LogP contribution is 2.34. The number of hydrogen-bond acceptors (Lipinski definition) is 4. The summed E-state index contributed by atoms with van der Waals surface area (Å²) < 4.78 is 4.87. The third-order valence-electron chi connectivity index (χ3n) is 4.54. The van der Waals surface area contributed by atoms with Crippen molar-refractivity contribution in [2.45, 2.75) is 32.1 Å². The van der Waals surface area contributed by atoms with E-state index in [4.69, 9.17) is 4.74 Å². The fourth-order valence-electron chi connectivity index (χ4n) is 3.38. The second-order valence-corrected chi connectivity index (χ2v) is 5.94. The van der Waals surface area contributed by atoms with E-state index in [0.29, 0.717) is 5.56 Å². The molecular weight excluding hydrogens is 264 g/mol. The second-order valence-electron chi connectivity index (χ2n) is 5.94. The van der Waals surface area contributed by atoms with Crippen molar-refractivity contribution >= 4 is 17.3 Å². The van der Waals surface area contributed by atoms with E-state index in [0.717, 1.165) is 26.2 Å². The highest BCUT2D eigenvalue weighted by Gasteiger charge is 2.22. The normalized spacial score (nSPS) is 18.9. The first-order chi connectivity index (χ1) is 10.3. The van der Waals surface area contributed by atoms with Crippen molar-refractivity contribution in [2.24, 2.45) is 0 Å². The molecule has 0 amide bonds. The van der Waals surface area contributed by atoms with Crippen LogP contribution in [0, 0.1) is 0 Å². The number of rotatable bonds is 3. The van der Waals surface area contributed by atoms with Crippen molar-refractivity contribution in [3.63, 3.8) is 0 Å². The largest absolute Gasteiger partial charge is 0.465 e. The maximum absolute atomic E-state index is 11.8. The Labute approximate surface area is 126 Å². The Morgan fingerprint density at radius 1 is 0.905 bits per heavy atom. The van der Waals surface area contributed by atoms with Crippen molar-refractivity contribution < 1.29 is 9.53 Å². The van der Waals surface area contributed by atoms with E-state index < -0.39 is 0 Å². The monoisotopic (exact) mass is 288 g/mol. The molecule has 0 atom stereocenters. The van der Waals surface area contributed by atoms with Gasteiger partial charge in [-0.2, -0.15) is 0 Å². The number of anilines is 2. The number of piperidine rings is 1. The van der Waals surface area contributed by atoms with E-state index in [-0.39, 0.29) is 5.97 Å². The van der Waals surface area contributed by atoms with Crippen LogP contribution in [0.15, 0.2) is 18.2 Å². The van der Waals surface area contributed by atoms with Crippen LogP contribution in [-0.2, 0) is 4.74 Å². The maximum atomic E-state index is 11.8. The quantitative estimate of drug-likeness (QED) is 0.800. The lowest BCUT2D eigenvalue weighted by Crippen LogP contribution is -2.31. The molecule has 0 N–H and O–H groups in total. The number of ether oxygens (including phenoxy) is 1. The van der Waals surface area contributed by atoms with Crippen LogP contribution in [-0.4, -0.2) is 39.3 Å². The molecule has 1 aromatic carbocycles. The lowest BCUT2D eigenvalue weighted by molar-refractivity contribution is 0.0601. The van der Waals surface area contributed by atoms with Gasteiger partial charge in [0.05, 0.1) is 24.0 Å². The number of benzene rings is 1. The Hall–Kier alpha value is -1.71. The molecule has 3 rings (SSSR count). The molecule has 21 heavy (non-hydrogen) atoms. The van der Waals surface area contributed by atoms with Gasteiger partial charge in [0, 0.05) is 26.2 Å². The van der Waals surface area contributed by atoms with Crippen LogP contribution in [0.25, 0.3) is 0 Å². The summed E-state index contributed by atoms with van der Waals surface area (Å²) in [5.74, 6) is -0.249. The Balaban J connectivity index is 1.95. The van der Waals surface area contributed by atoms with Gasteiger partial charge in [-0.15, -0.1) is 0 Å². The van der Waals surface area contributed by atoms with E-state index in [1.165, 1.54) is 50.6 Å². The third kappa shape index (κ3) is 2.99. The second kappa shape index (κ2) is 6.37. The number of nitrogens with zero attached hydrogens (tertiary/aromatic N) is 2. The number of esters is 1. The standard InChI is InChI=1S/C17H24N2O2/c1-21-17(20)14-7-8-15(18-9-3-2-4-10-18)16(13-14)19-11-5-6-12-19/h7-8,13H,2-6,9-12H2,1H3. The smallest absolute Gasteiger partial charge is 0.337 e. The Morgan fingerprint density at radius 3 is 2.10 bits per heavy atom. The zero-order valence-corrected chi connectivity index (χ0v) is 12.8. The van der Waals surface area contributed by atoms with Gasteiger partial charge < -0.3 is 14.5 Å². The minimum absolute atomic E-state index is 0.249. The Kier molecular flexibility index (Phi) is 4.32. The highest BCUT2D eigenvalue weighted by atomic mass is 16.5. The Morgan fingerprint density at radius 2 is 1.48 bits per heavy atom. The molecule has 0 radical (unpaired) electrons. The summed E-state index contributed by atoms with van der Waals surface area (Å²) in [7, 11) is 1.44. The molecule has 4 nitrogen and oxygen atoms in total. The molecule has 2 fully saturated rings. The van der Waals surface area contributed by atoms with Crippen molar-refractivity contribution in [1.82, 2.24) is 0 Å². The predicted octanol–water partition coefficient (Wildman–Crippen LogP) is 3.06. The van der Waals surface area contributed by atoms with Gasteiger partial charge in [0.15, 0.2) is 0 Å². The molecule has 2 saturated heterocycles. The van der Waals surface area contributed by atoms with Crippen LogP contribution >= 0.6 is 0 Å². The fourth-order valence-corrected chi connectivity index (χ4v) is 3.38. The zero-order valence-electron chi connectivity index (χ0n) is 12.8. The van der Waals surface area contributed by atoms with Crippen LogP contribution in [0.3, 0.4) is 0 Å². The van der Waals surface area contributed by atoms with Gasteiger partial charge in [-0.1, -0.05) is 0 Å². The number of carbonyl (C=O) groups excluding carboxylic acids is 1. The minimum atomic E-state index is -0.249. The first-order valence-electron chi connectivity index (χ1n) is 8.02. The summed E-state index contributed by atoms with van der Waals surface area (Å²) in [6, 6.07) is 6.02. The molecule has 2 aliphatic heterocycles. The maximum Gasteiger partial charge on any atom is 0.337 e. The molecule has 0 aromatic heterocycles. The van der Waals surface area contributed by atoms with Gasteiger partial charge in [0.2, 0.25) is 0 Å². The Bertz CT molecular complexity index is 504. The lowest BCUT2D eigenvalue weighted by Gasteiger charge is -2.33.